The van der Waals surface area contributed by atoms with Crippen LogP contribution in [0.25, 0.3) is 16.6 Å². The molecule has 0 radical (unpaired) electrons. The molecule has 8 heteroatoms. The molecule has 2 aliphatic rings. The van der Waals surface area contributed by atoms with E-state index in [-0.39, 0.29) is 11.8 Å². The van der Waals surface area contributed by atoms with Crippen LogP contribution in [0, 0.1) is 6.92 Å². The first-order valence-corrected chi connectivity index (χ1v) is 10.8. The van der Waals surface area contributed by atoms with Crippen molar-refractivity contribution < 1.29 is 9.59 Å². The maximum absolute atomic E-state index is 13.5. The van der Waals surface area contributed by atoms with Gasteiger partial charge in [0.15, 0.2) is 5.65 Å². The van der Waals surface area contributed by atoms with Crippen molar-refractivity contribution in [2.24, 2.45) is 0 Å². The zero-order chi connectivity index (χ0) is 22.0. The molecular weight excluding hydrogens is 404 g/mol. The molecule has 1 atom stereocenters. The minimum atomic E-state index is -0.684. The third kappa shape index (κ3) is 2.52. The number of benzene rings is 2. The van der Waals surface area contributed by atoms with E-state index in [9.17, 15) is 9.59 Å². The number of aromatic nitrogens is 4. The molecule has 1 fully saturated rings. The van der Waals surface area contributed by atoms with Gasteiger partial charge in [0.25, 0.3) is 5.91 Å². The van der Waals surface area contributed by atoms with E-state index in [0.717, 1.165) is 22.4 Å². The highest BCUT2D eigenvalue weighted by Gasteiger charge is 2.52. The number of carbonyl (C=O) groups is 2. The molecule has 2 aromatic carbocycles. The Balaban J connectivity index is 1.42. The van der Waals surface area contributed by atoms with Crippen LogP contribution in [0.4, 0.5) is 5.69 Å². The lowest BCUT2D eigenvalue weighted by Gasteiger charge is -2.48. The molecule has 2 amide bonds. The molecular formula is C24H22N6O2. The van der Waals surface area contributed by atoms with Crippen LogP contribution in [-0.2, 0) is 11.2 Å². The molecule has 0 spiro atoms. The topological polar surface area (TPSA) is 83.7 Å². The Labute approximate surface area is 184 Å². The van der Waals surface area contributed by atoms with Gasteiger partial charge in [-0.15, -0.1) is 5.10 Å². The van der Waals surface area contributed by atoms with Crippen molar-refractivity contribution in [2.75, 3.05) is 11.4 Å². The molecule has 4 heterocycles. The summed E-state index contributed by atoms with van der Waals surface area (Å²) in [6.07, 6.45) is 1.53. The molecule has 0 aliphatic carbocycles. The van der Waals surface area contributed by atoms with Crippen LogP contribution in [0.15, 0.2) is 48.5 Å². The molecule has 0 bridgehead atoms. The zero-order valence-electron chi connectivity index (χ0n) is 17.9. The summed E-state index contributed by atoms with van der Waals surface area (Å²) in [4.78, 5) is 39.3. The average molecular weight is 426 g/mol. The summed E-state index contributed by atoms with van der Waals surface area (Å²) in [7, 11) is 0. The summed E-state index contributed by atoms with van der Waals surface area (Å²) in [6, 6.07) is 15.2. The fourth-order valence-electron chi connectivity index (χ4n) is 5.13. The second-order valence-corrected chi connectivity index (χ2v) is 8.61. The number of para-hydroxylation sites is 2. The maximum atomic E-state index is 13.5. The van der Waals surface area contributed by atoms with E-state index in [1.54, 1.807) is 15.5 Å². The van der Waals surface area contributed by atoms with Crippen molar-refractivity contribution in [2.45, 2.75) is 38.8 Å². The van der Waals surface area contributed by atoms with Gasteiger partial charge < -0.3 is 4.90 Å². The molecule has 1 saturated heterocycles. The van der Waals surface area contributed by atoms with Gasteiger partial charge in [0.1, 0.15) is 17.3 Å². The van der Waals surface area contributed by atoms with Crippen LogP contribution in [-0.4, -0.2) is 48.5 Å². The quantitative estimate of drug-likeness (QED) is 0.503. The zero-order valence-corrected chi connectivity index (χ0v) is 17.9. The second kappa shape index (κ2) is 6.59. The van der Waals surface area contributed by atoms with Crippen LogP contribution in [0.5, 0.6) is 0 Å². The molecule has 8 nitrogen and oxygen atoms in total. The Bertz CT molecular complexity index is 1430. The number of aryl methyl sites for hydroxylation is 1. The molecule has 2 aromatic heterocycles. The van der Waals surface area contributed by atoms with Gasteiger partial charge in [0.05, 0.1) is 16.8 Å². The van der Waals surface area contributed by atoms with Gasteiger partial charge in [0.2, 0.25) is 5.91 Å². The van der Waals surface area contributed by atoms with E-state index < -0.39 is 5.66 Å². The normalized spacial score (nSPS) is 20.3. The number of nitrogens with zero attached hydrogens (tertiary/aromatic N) is 6. The lowest BCUT2D eigenvalue weighted by molar-refractivity contribution is -0.117. The van der Waals surface area contributed by atoms with Crippen LogP contribution in [0.2, 0.25) is 0 Å². The van der Waals surface area contributed by atoms with Crippen molar-refractivity contribution >= 4 is 34.1 Å². The minimum Gasteiger partial charge on any atom is -0.315 e. The Kier molecular flexibility index (Phi) is 3.90. The highest BCUT2D eigenvalue weighted by molar-refractivity contribution is 6.10. The number of fused-ring (bicyclic) bond motifs is 6. The Morgan fingerprint density at radius 3 is 2.69 bits per heavy atom. The van der Waals surface area contributed by atoms with Crippen molar-refractivity contribution in [1.82, 2.24) is 24.5 Å². The summed E-state index contributed by atoms with van der Waals surface area (Å²) in [5, 5.41) is 5.50. The maximum Gasteiger partial charge on any atom is 0.257 e. The Hall–Kier alpha value is -3.81. The fourth-order valence-corrected chi connectivity index (χ4v) is 5.13. The lowest BCUT2D eigenvalue weighted by atomic mass is 9.98. The predicted molar refractivity (Wildman–Crippen MR) is 119 cm³/mol. The van der Waals surface area contributed by atoms with Gasteiger partial charge in [-0.1, -0.05) is 24.3 Å². The van der Waals surface area contributed by atoms with Crippen LogP contribution in [0.1, 0.15) is 41.8 Å². The van der Waals surface area contributed by atoms with Gasteiger partial charge >= 0.3 is 0 Å². The van der Waals surface area contributed by atoms with Crippen LogP contribution < -0.4 is 4.90 Å². The standard InChI is InChI=1S/C24H22N6O2/c1-15-25-22-16-7-3-5-9-18(16)26-20(30(22)27-15)12-14-28-23(32)17-8-4-6-10-19(17)29-21(31)11-13-24(28,29)2/h3-10H,11-14H2,1-2H3. The molecule has 0 saturated carbocycles. The molecule has 32 heavy (non-hydrogen) atoms. The second-order valence-electron chi connectivity index (χ2n) is 8.61. The largest absolute Gasteiger partial charge is 0.315 e. The third-order valence-corrected chi connectivity index (χ3v) is 6.66. The number of carbonyl (C=O) groups excluding carboxylic acids is 2. The van der Waals surface area contributed by atoms with E-state index in [1.807, 2.05) is 61.2 Å². The van der Waals surface area contributed by atoms with E-state index in [2.05, 4.69) is 10.1 Å². The van der Waals surface area contributed by atoms with E-state index in [1.165, 1.54) is 0 Å². The number of anilines is 1. The Morgan fingerprint density at radius 2 is 1.81 bits per heavy atom. The number of hydrogen-bond donors (Lipinski definition) is 0. The molecule has 2 aliphatic heterocycles. The molecule has 160 valence electrons. The van der Waals surface area contributed by atoms with Crippen LogP contribution >= 0.6 is 0 Å². The van der Waals surface area contributed by atoms with Gasteiger partial charge in [-0.3, -0.25) is 14.5 Å². The van der Waals surface area contributed by atoms with Crippen molar-refractivity contribution in [3.63, 3.8) is 0 Å². The predicted octanol–water partition coefficient (Wildman–Crippen LogP) is 3.13. The minimum absolute atomic E-state index is 0.0515. The summed E-state index contributed by atoms with van der Waals surface area (Å²) >= 11 is 0. The first-order chi connectivity index (χ1) is 15.5. The number of hydrogen-bond acceptors (Lipinski definition) is 5. The highest BCUT2D eigenvalue weighted by atomic mass is 16.2. The Morgan fingerprint density at radius 1 is 1.03 bits per heavy atom. The summed E-state index contributed by atoms with van der Waals surface area (Å²) in [5.74, 6) is 1.41. The highest BCUT2D eigenvalue weighted by Crippen LogP contribution is 2.43. The van der Waals surface area contributed by atoms with Gasteiger partial charge in [-0.05, 0) is 44.5 Å². The first-order valence-electron chi connectivity index (χ1n) is 10.8. The summed E-state index contributed by atoms with van der Waals surface area (Å²) in [6.45, 7) is 4.27. The average Bonchev–Trinajstić information content (AvgIpc) is 3.33. The third-order valence-electron chi connectivity index (χ3n) is 6.66. The van der Waals surface area contributed by atoms with Crippen molar-refractivity contribution in [3.05, 3.63) is 65.7 Å². The van der Waals surface area contributed by atoms with E-state index in [0.29, 0.717) is 42.9 Å². The fraction of sp³-hybridized carbons (Fsp3) is 0.292. The van der Waals surface area contributed by atoms with Gasteiger partial charge in [0, 0.05) is 24.8 Å². The molecule has 0 N–H and O–H groups in total. The molecule has 4 aromatic rings. The molecule has 1 unspecified atom stereocenters. The van der Waals surface area contributed by atoms with Crippen molar-refractivity contribution in [3.8, 4) is 0 Å². The lowest BCUT2D eigenvalue weighted by Crippen LogP contribution is -2.62. The van der Waals surface area contributed by atoms with E-state index in [4.69, 9.17) is 4.98 Å². The van der Waals surface area contributed by atoms with E-state index >= 15 is 0 Å². The summed E-state index contributed by atoms with van der Waals surface area (Å²) in [5.41, 5.74) is 2.20. The number of rotatable bonds is 3. The number of amides is 2. The monoisotopic (exact) mass is 426 g/mol. The summed E-state index contributed by atoms with van der Waals surface area (Å²) < 4.78 is 1.78. The SMILES string of the molecule is Cc1nc2c3ccccc3nc(CCN3C(=O)c4ccccc4N4C(=O)CCC34C)n2n1. The van der Waals surface area contributed by atoms with Crippen LogP contribution in [0.3, 0.4) is 0 Å². The van der Waals surface area contributed by atoms with Gasteiger partial charge in [-0.2, -0.15) is 4.52 Å². The van der Waals surface area contributed by atoms with Gasteiger partial charge in [-0.25, -0.2) is 9.97 Å². The smallest absolute Gasteiger partial charge is 0.257 e. The molecule has 6 rings (SSSR count). The first kappa shape index (κ1) is 18.9. The van der Waals surface area contributed by atoms with Crippen molar-refractivity contribution in [1.29, 1.82) is 0 Å².